The van der Waals surface area contributed by atoms with Gasteiger partial charge in [0.15, 0.2) is 0 Å². The van der Waals surface area contributed by atoms with Crippen LogP contribution >= 0.6 is 0 Å². The predicted octanol–water partition coefficient (Wildman–Crippen LogP) is 31.6. The van der Waals surface area contributed by atoms with Gasteiger partial charge in [0.2, 0.25) is 11.4 Å². The van der Waals surface area contributed by atoms with Crippen LogP contribution in [0.4, 0.5) is 0 Å². The van der Waals surface area contributed by atoms with Gasteiger partial charge >= 0.3 is 357 Å². The first-order valence-corrected chi connectivity index (χ1v) is 71.1. The van der Waals surface area contributed by atoms with E-state index in [9.17, 15) is 0 Å². The molecular weight excluding hydrogens is 2480 g/mol. The van der Waals surface area contributed by atoms with Crippen LogP contribution in [0.1, 0.15) is 132 Å². The third-order valence-corrected chi connectivity index (χ3v) is 39.0. The molecule has 13 nitrogen and oxygen atoms in total. The number of furan rings is 3. The van der Waals surface area contributed by atoms with E-state index in [1.54, 1.807) is 18.6 Å². The third kappa shape index (κ3) is 25.5. The van der Waals surface area contributed by atoms with Crippen LogP contribution < -0.4 is 13.2 Å². The summed E-state index contributed by atoms with van der Waals surface area (Å²) in [6.45, 7) is 18.0. The summed E-state index contributed by atoms with van der Waals surface area (Å²) >= 11 is -5.55. The second kappa shape index (κ2) is 49.0. The van der Waals surface area contributed by atoms with E-state index in [-0.39, 0.29) is 60.3 Å². The maximum atomic E-state index is 6.33. The number of nitrogens with zero attached hydrogens (tertiary/aromatic N) is 10. The Kier molecular flexibility index (Phi) is 36.7. The van der Waals surface area contributed by atoms with Crippen LogP contribution in [0.15, 0.2) is 342 Å². The van der Waals surface area contributed by atoms with Gasteiger partial charge in [0, 0.05) is 113 Å². The van der Waals surface area contributed by atoms with Crippen molar-refractivity contribution in [3.05, 3.63) is 393 Å². The number of fused-ring (bicyclic) bond motifs is 9. The SMILES string of the molecule is CC(C)c1cc(-c2[c-]cccc2)nc[c]1[Ge]([CH3])([CH3])[CH3].CC(C)c1cc(-c2[c-]cccc2)nc[c]1[Ge]([CH3])([CH3])[CH3].CC(C)c1cc(-c2[c-]cccc2)nc[c]1[Ge]([CH3])([CH3])[CH3].CC(c1ccnc(-c2[c-]ccc3c2oc2nccc(-c4ccccc4)c23)c1)C1CCCCC1.Cc1ccnc(-c2[c-]cnc3c2oc2cccc(-c4ccccc4)c23)c1.[Ir].[Ir].[Ir].[c-]1ncc2c(oc3ncc(-c4ccccc4)cc32)c1-c1ccccn1. The first-order chi connectivity index (χ1) is 68.2. The Morgan fingerprint density at radius 3 is 1.33 bits per heavy atom. The summed E-state index contributed by atoms with van der Waals surface area (Å²) in [5, 5.41) is 4.98. The summed E-state index contributed by atoms with van der Waals surface area (Å²) in [6, 6.07) is 107. The van der Waals surface area contributed by atoms with Gasteiger partial charge in [-0.25, -0.2) is 9.97 Å². The molecule has 733 valence electrons. The van der Waals surface area contributed by atoms with Gasteiger partial charge in [-0.15, -0.1) is 23.8 Å². The fourth-order valence-corrected chi connectivity index (χ4v) is 29.3. The molecule has 19 heteroatoms. The smallest absolute Gasteiger partial charge is 0.216 e. The number of aromatic nitrogens is 10. The Morgan fingerprint density at radius 2 is 0.812 bits per heavy atom. The van der Waals surface area contributed by atoms with Crippen LogP contribution in [0.2, 0.25) is 51.8 Å². The van der Waals surface area contributed by atoms with E-state index in [4.69, 9.17) is 18.2 Å². The van der Waals surface area contributed by atoms with Crippen LogP contribution in [0.3, 0.4) is 0 Å². The molecular formula is C125H120Ge3Ir3N10O3-6. The van der Waals surface area contributed by atoms with E-state index >= 15 is 0 Å². The van der Waals surface area contributed by atoms with Crippen molar-refractivity contribution in [3.8, 4) is 101 Å². The predicted molar refractivity (Wildman–Crippen MR) is 591 cm³/mol. The molecule has 0 amide bonds. The van der Waals surface area contributed by atoms with E-state index in [0.29, 0.717) is 40.7 Å². The molecule has 8 aromatic carbocycles. The van der Waals surface area contributed by atoms with Crippen LogP contribution in [0, 0.1) is 49.4 Å². The number of benzene rings is 8. The van der Waals surface area contributed by atoms with Crippen molar-refractivity contribution >= 4 is 119 Å². The van der Waals surface area contributed by atoms with E-state index in [1.807, 2.05) is 170 Å². The maximum absolute atomic E-state index is 6.33. The molecule has 13 aromatic heterocycles. The van der Waals surface area contributed by atoms with Crippen LogP contribution in [-0.2, 0) is 60.3 Å². The summed E-state index contributed by atoms with van der Waals surface area (Å²) < 4.78 is 23.1. The second-order valence-electron chi connectivity index (χ2n) is 40.3. The molecule has 1 saturated carbocycles. The molecule has 144 heavy (non-hydrogen) atoms. The summed E-state index contributed by atoms with van der Waals surface area (Å²) in [7, 11) is 0. The molecule has 0 aliphatic heterocycles. The Hall–Kier alpha value is -11.8. The van der Waals surface area contributed by atoms with Crippen LogP contribution in [0.5, 0.6) is 0 Å². The minimum absolute atomic E-state index is 0. The molecule has 13 heterocycles. The zero-order valence-corrected chi connectivity index (χ0v) is 98.3. The minimum atomic E-state index is -1.85. The Morgan fingerprint density at radius 1 is 0.326 bits per heavy atom. The van der Waals surface area contributed by atoms with Gasteiger partial charge in [0.1, 0.15) is 5.58 Å². The first-order valence-electron chi connectivity index (χ1n) is 49.1. The van der Waals surface area contributed by atoms with E-state index in [2.05, 4.69) is 328 Å². The zero-order chi connectivity index (χ0) is 98.5. The van der Waals surface area contributed by atoms with Crippen molar-refractivity contribution in [2.45, 2.75) is 163 Å². The van der Waals surface area contributed by atoms with Crippen molar-refractivity contribution in [1.29, 1.82) is 0 Å². The quantitative estimate of drug-likeness (QED) is 0.0624. The average Bonchev–Trinajstić information content (AvgIpc) is 1.61. The first kappa shape index (κ1) is 108. The maximum Gasteiger partial charge on any atom is 0.216 e. The van der Waals surface area contributed by atoms with E-state index < -0.39 is 39.8 Å². The van der Waals surface area contributed by atoms with Crippen molar-refractivity contribution < 1.29 is 73.6 Å². The molecule has 0 bridgehead atoms. The largest absolute Gasteiger partial charge is 0.513 e. The number of rotatable bonds is 17. The van der Waals surface area contributed by atoms with Gasteiger partial charge in [0.25, 0.3) is 0 Å². The Balaban J connectivity index is 0.000000138. The number of hydrogen-bond acceptors (Lipinski definition) is 13. The van der Waals surface area contributed by atoms with Crippen LogP contribution in [0.25, 0.3) is 167 Å². The summed E-state index contributed by atoms with van der Waals surface area (Å²) in [4.78, 5) is 45.5. The van der Waals surface area contributed by atoms with E-state index in [1.165, 1.54) is 67.5 Å². The van der Waals surface area contributed by atoms with Gasteiger partial charge in [-0.2, -0.15) is 6.07 Å². The number of aryl methyl sites for hydroxylation is 1. The van der Waals surface area contributed by atoms with Crippen LogP contribution in [-0.4, -0.2) is 89.6 Å². The molecule has 3 radical (unpaired) electrons. The normalized spacial score (nSPS) is 12.3. The average molecular weight is 2600 g/mol. The van der Waals surface area contributed by atoms with Gasteiger partial charge < -0.3 is 33.2 Å². The molecule has 1 unspecified atom stereocenters. The Labute approximate surface area is 897 Å². The fraction of sp³-hybridized carbons (Fsp3) is 0.216. The number of pyridine rings is 10. The molecule has 22 rings (SSSR count). The minimum Gasteiger partial charge on any atom is -0.513 e. The summed E-state index contributed by atoms with van der Waals surface area (Å²) in [6.07, 6.45) is 28.7. The fourth-order valence-electron chi connectivity index (χ4n) is 18.7. The van der Waals surface area contributed by atoms with Crippen molar-refractivity contribution in [1.82, 2.24) is 49.8 Å². The van der Waals surface area contributed by atoms with Gasteiger partial charge in [-0.3, -0.25) is 4.98 Å². The third-order valence-electron chi connectivity index (χ3n) is 26.2. The standard InChI is InChI=1S/C30H27N2O.C23H15N2O.C21H12N3O.3C17H22GeN.3Ir/c1-20(21-9-4-2-5-10-21)23-15-17-31-27(19-23)25-13-8-14-26-28-24(22-11-6-3-7-12-22)16-18-32-30(28)33-29(25)26;1-15-10-12-24-19(14-15)18-11-13-25-22-21-17(16-6-3-2-4-7-16)8-5-9-20(21)26-23(18)22;1-2-6-14(7-3-1)15-10-16-17-12-22-13-18(19-8-4-5-9-23-19)20(17)25-21(16)24-11-15;3*1-13(2)15-11-17(14-9-7-6-8-10-14)19-12-16(15)18(3,4)5;;;/h3,6-8,11-12,14-21H,2,4-5,9-10H2,1H3;2-10,12-14H,1H3;1-12H;3*6-9,11-13H,1-5H3;;;/q6*-1;;;. The van der Waals surface area contributed by atoms with Gasteiger partial charge in [-0.05, 0) is 137 Å². The molecule has 1 fully saturated rings. The van der Waals surface area contributed by atoms with Crippen molar-refractivity contribution in [2.75, 3.05) is 0 Å². The topological polar surface area (TPSA) is 168 Å². The monoisotopic (exact) mass is 2610 g/mol. The summed E-state index contributed by atoms with van der Waals surface area (Å²) in [5.74, 6) is 24.8. The molecule has 0 N–H and O–H groups in total. The zero-order valence-electron chi connectivity index (χ0n) is 84.8. The number of hydrogen-bond donors (Lipinski definition) is 0. The van der Waals surface area contributed by atoms with Crippen molar-refractivity contribution in [3.63, 3.8) is 0 Å². The molecule has 0 saturated heterocycles. The molecule has 21 aromatic rings. The van der Waals surface area contributed by atoms with E-state index in [0.717, 1.165) is 162 Å². The molecule has 0 spiro atoms. The van der Waals surface area contributed by atoms with Gasteiger partial charge in [-0.1, -0.05) is 181 Å². The van der Waals surface area contributed by atoms with Gasteiger partial charge in [0.05, 0.1) is 22.3 Å². The molecule has 1 aliphatic rings. The molecule has 1 atom stereocenters. The van der Waals surface area contributed by atoms with Crippen molar-refractivity contribution in [2.24, 2.45) is 5.92 Å². The Bertz CT molecular complexity index is 7600. The molecule has 1 aliphatic carbocycles. The summed E-state index contributed by atoms with van der Waals surface area (Å²) in [5.41, 5.74) is 30.2. The second-order valence-corrected chi connectivity index (χ2v) is 72.1.